The lowest BCUT2D eigenvalue weighted by molar-refractivity contribution is 0.102. The molecule has 2 atom stereocenters. The van der Waals surface area contributed by atoms with Crippen molar-refractivity contribution < 1.29 is 10.2 Å². The van der Waals surface area contributed by atoms with Gasteiger partial charge in [0.05, 0.1) is 18.8 Å². The van der Waals surface area contributed by atoms with Gasteiger partial charge < -0.3 is 15.9 Å². The second kappa shape index (κ2) is 5.75. The summed E-state index contributed by atoms with van der Waals surface area (Å²) in [5.41, 5.74) is 6.66. The maximum absolute atomic E-state index is 9.49. The third-order valence-electron chi connectivity index (χ3n) is 2.28. The van der Waals surface area contributed by atoms with Crippen molar-refractivity contribution in [3.63, 3.8) is 0 Å². The number of nitrogens with two attached hydrogens (primary N) is 1. The van der Waals surface area contributed by atoms with Gasteiger partial charge in [-0.25, -0.2) is 0 Å². The van der Waals surface area contributed by atoms with Crippen LogP contribution in [0.1, 0.15) is 12.0 Å². The first kappa shape index (κ1) is 11.2. The zero-order chi connectivity index (χ0) is 10.4. The first-order valence-corrected chi connectivity index (χ1v) is 4.82. The summed E-state index contributed by atoms with van der Waals surface area (Å²) in [4.78, 5) is 0. The Morgan fingerprint density at radius 1 is 1.21 bits per heavy atom. The molecule has 0 aromatic heterocycles. The lowest BCUT2D eigenvalue weighted by atomic mass is 10.0. The molecule has 3 heteroatoms. The number of hydrogen-bond donors (Lipinski definition) is 3. The molecule has 0 radical (unpaired) electrons. The number of hydrogen-bond acceptors (Lipinski definition) is 3. The molecule has 14 heavy (non-hydrogen) atoms. The van der Waals surface area contributed by atoms with Gasteiger partial charge in [0.2, 0.25) is 0 Å². The molecule has 4 N–H and O–H groups in total. The first-order valence-electron chi connectivity index (χ1n) is 4.82. The predicted octanol–water partition coefficient (Wildman–Crippen LogP) is 0.300. The van der Waals surface area contributed by atoms with Crippen molar-refractivity contribution in [3.05, 3.63) is 35.9 Å². The van der Waals surface area contributed by atoms with Crippen LogP contribution in [0.4, 0.5) is 0 Å². The minimum absolute atomic E-state index is 0.171. The highest BCUT2D eigenvalue weighted by atomic mass is 16.3. The highest BCUT2D eigenvalue weighted by molar-refractivity contribution is 5.14. The average Bonchev–Trinajstić information content (AvgIpc) is 2.26. The molecule has 0 unspecified atom stereocenters. The van der Waals surface area contributed by atoms with E-state index in [1.165, 1.54) is 5.56 Å². The van der Waals surface area contributed by atoms with Gasteiger partial charge in [-0.1, -0.05) is 30.3 Å². The molecule has 0 aliphatic rings. The summed E-state index contributed by atoms with van der Waals surface area (Å²) < 4.78 is 0. The van der Waals surface area contributed by atoms with Crippen molar-refractivity contribution in [3.8, 4) is 0 Å². The van der Waals surface area contributed by atoms with E-state index >= 15 is 0 Å². The summed E-state index contributed by atoms with van der Waals surface area (Å²) in [6.07, 6.45) is 0.752. The molecule has 0 aliphatic carbocycles. The summed E-state index contributed by atoms with van der Waals surface area (Å²) in [5.74, 6) is 0. The van der Waals surface area contributed by atoms with Gasteiger partial charge in [0.25, 0.3) is 0 Å². The average molecular weight is 195 g/mol. The SMILES string of the molecule is N[C@@H](CO)[C@H](O)CCc1ccccc1. The highest BCUT2D eigenvalue weighted by Gasteiger charge is 2.12. The monoisotopic (exact) mass is 195 g/mol. The van der Waals surface area contributed by atoms with Crippen LogP contribution in [0.5, 0.6) is 0 Å². The first-order chi connectivity index (χ1) is 6.74. The summed E-state index contributed by atoms with van der Waals surface area (Å²) in [6, 6.07) is 9.38. The summed E-state index contributed by atoms with van der Waals surface area (Å²) >= 11 is 0. The molecule has 0 fully saturated rings. The smallest absolute Gasteiger partial charge is 0.0716 e. The van der Waals surface area contributed by atoms with E-state index in [0.29, 0.717) is 6.42 Å². The Balaban J connectivity index is 2.34. The van der Waals surface area contributed by atoms with E-state index in [-0.39, 0.29) is 6.61 Å². The Kier molecular flexibility index (Phi) is 4.59. The van der Waals surface area contributed by atoms with E-state index in [1.54, 1.807) is 0 Å². The standard InChI is InChI=1S/C11H17NO2/c12-10(8-13)11(14)7-6-9-4-2-1-3-5-9/h1-5,10-11,13-14H,6-8,12H2/t10-,11+/m0/s1. The van der Waals surface area contributed by atoms with Crippen LogP contribution in [-0.2, 0) is 6.42 Å². The zero-order valence-corrected chi connectivity index (χ0v) is 8.13. The molecule has 0 saturated carbocycles. The number of rotatable bonds is 5. The molecule has 1 aromatic rings. The Morgan fingerprint density at radius 3 is 2.43 bits per heavy atom. The molecule has 1 aromatic carbocycles. The Labute approximate surface area is 84.2 Å². The predicted molar refractivity (Wildman–Crippen MR) is 55.8 cm³/mol. The van der Waals surface area contributed by atoms with Gasteiger partial charge >= 0.3 is 0 Å². The van der Waals surface area contributed by atoms with Crippen molar-refractivity contribution in [2.24, 2.45) is 5.73 Å². The zero-order valence-electron chi connectivity index (χ0n) is 8.13. The summed E-state index contributed by atoms with van der Waals surface area (Å²) in [5, 5.41) is 18.2. The van der Waals surface area contributed by atoms with Gasteiger partial charge in [-0.3, -0.25) is 0 Å². The van der Waals surface area contributed by atoms with Crippen molar-refractivity contribution >= 4 is 0 Å². The number of aliphatic hydroxyl groups is 2. The van der Waals surface area contributed by atoms with Crippen molar-refractivity contribution in [2.45, 2.75) is 25.0 Å². The van der Waals surface area contributed by atoms with Gasteiger partial charge in [-0.15, -0.1) is 0 Å². The normalized spacial score (nSPS) is 15.1. The van der Waals surface area contributed by atoms with Gasteiger partial charge in [0.1, 0.15) is 0 Å². The van der Waals surface area contributed by atoms with Crippen LogP contribution in [0.15, 0.2) is 30.3 Å². The van der Waals surface area contributed by atoms with Crippen LogP contribution in [0, 0.1) is 0 Å². The fourth-order valence-corrected chi connectivity index (χ4v) is 1.29. The number of benzene rings is 1. The summed E-state index contributed by atoms with van der Waals surface area (Å²) in [6.45, 7) is -0.171. The fourth-order valence-electron chi connectivity index (χ4n) is 1.29. The van der Waals surface area contributed by atoms with Crippen LogP contribution in [0.2, 0.25) is 0 Å². The molecule has 78 valence electrons. The van der Waals surface area contributed by atoms with E-state index in [4.69, 9.17) is 10.8 Å². The molecule has 0 amide bonds. The molecule has 0 bridgehead atoms. The van der Waals surface area contributed by atoms with Crippen molar-refractivity contribution in [1.29, 1.82) is 0 Å². The van der Waals surface area contributed by atoms with Crippen LogP contribution >= 0.6 is 0 Å². The Hall–Kier alpha value is -0.900. The Morgan fingerprint density at radius 2 is 1.86 bits per heavy atom. The van der Waals surface area contributed by atoms with Crippen LogP contribution in [0.25, 0.3) is 0 Å². The number of aryl methyl sites for hydroxylation is 1. The highest BCUT2D eigenvalue weighted by Crippen LogP contribution is 2.06. The lowest BCUT2D eigenvalue weighted by Gasteiger charge is -2.15. The lowest BCUT2D eigenvalue weighted by Crippen LogP contribution is -2.38. The third-order valence-corrected chi connectivity index (χ3v) is 2.28. The Bertz CT molecular complexity index is 251. The molecule has 0 heterocycles. The maximum Gasteiger partial charge on any atom is 0.0716 e. The van der Waals surface area contributed by atoms with Crippen LogP contribution in [-0.4, -0.2) is 29.0 Å². The van der Waals surface area contributed by atoms with E-state index in [0.717, 1.165) is 6.42 Å². The van der Waals surface area contributed by atoms with E-state index < -0.39 is 12.1 Å². The van der Waals surface area contributed by atoms with E-state index in [9.17, 15) is 5.11 Å². The number of aliphatic hydroxyl groups excluding tert-OH is 2. The minimum atomic E-state index is -0.625. The maximum atomic E-state index is 9.49. The second-order valence-electron chi connectivity index (χ2n) is 3.44. The molecule has 3 nitrogen and oxygen atoms in total. The minimum Gasteiger partial charge on any atom is -0.395 e. The molecule has 0 spiro atoms. The second-order valence-corrected chi connectivity index (χ2v) is 3.44. The summed E-state index contributed by atoms with van der Waals surface area (Å²) in [7, 11) is 0. The third kappa shape index (κ3) is 3.46. The topological polar surface area (TPSA) is 66.5 Å². The van der Waals surface area contributed by atoms with Crippen LogP contribution in [0.3, 0.4) is 0 Å². The van der Waals surface area contributed by atoms with Gasteiger partial charge in [-0.2, -0.15) is 0 Å². The van der Waals surface area contributed by atoms with E-state index in [1.807, 2.05) is 30.3 Å². The van der Waals surface area contributed by atoms with Gasteiger partial charge in [0.15, 0.2) is 0 Å². The molecule has 0 aliphatic heterocycles. The van der Waals surface area contributed by atoms with Crippen LogP contribution < -0.4 is 5.73 Å². The molecular formula is C11H17NO2. The fraction of sp³-hybridized carbons (Fsp3) is 0.455. The van der Waals surface area contributed by atoms with Gasteiger partial charge in [-0.05, 0) is 18.4 Å². The van der Waals surface area contributed by atoms with Crippen molar-refractivity contribution in [2.75, 3.05) is 6.61 Å². The molecular weight excluding hydrogens is 178 g/mol. The van der Waals surface area contributed by atoms with Crippen molar-refractivity contribution in [1.82, 2.24) is 0 Å². The largest absolute Gasteiger partial charge is 0.395 e. The van der Waals surface area contributed by atoms with Gasteiger partial charge in [0, 0.05) is 0 Å². The molecule has 0 saturated heterocycles. The van der Waals surface area contributed by atoms with E-state index in [2.05, 4.69) is 0 Å². The molecule has 1 rings (SSSR count). The quantitative estimate of drug-likeness (QED) is 0.633.